The Morgan fingerprint density at radius 1 is 1.20 bits per heavy atom. The summed E-state index contributed by atoms with van der Waals surface area (Å²) in [6.45, 7) is 3.60. The number of piperidine rings is 1. The number of nitrogens with zero attached hydrogens (tertiary/aromatic N) is 5. The minimum atomic E-state index is -0.538. The Hall–Kier alpha value is -3.75. The molecule has 0 spiro atoms. The van der Waals surface area contributed by atoms with Gasteiger partial charge in [0, 0.05) is 38.2 Å². The van der Waals surface area contributed by atoms with Gasteiger partial charge in [-0.1, -0.05) is 12.2 Å². The molecule has 1 aliphatic carbocycles. The highest BCUT2D eigenvalue weighted by Gasteiger charge is 2.32. The number of nitrogens with two attached hydrogens (primary N) is 1. The predicted molar refractivity (Wildman–Crippen MR) is 133 cm³/mol. The molecule has 182 valence electrons. The Bertz CT molecular complexity index is 1180. The first-order valence-corrected chi connectivity index (χ1v) is 12.0. The summed E-state index contributed by atoms with van der Waals surface area (Å²) in [5.74, 6) is 1.69. The van der Waals surface area contributed by atoms with Gasteiger partial charge < -0.3 is 20.1 Å². The van der Waals surface area contributed by atoms with E-state index >= 15 is 0 Å². The molecule has 0 bridgehead atoms. The van der Waals surface area contributed by atoms with Gasteiger partial charge in [-0.15, -0.1) is 10.2 Å². The highest BCUT2D eigenvalue weighted by atomic mass is 16.5. The van der Waals surface area contributed by atoms with Crippen LogP contribution >= 0.6 is 0 Å². The van der Waals surface area contributed by atoms with Crippen molar-refractivity contribution in [3.8, 4) is 11.6 Å². The van der Waals surface area contributed by atoms with E-state index in [0.29, 0.717) is 5.88 Å². The maximum Gasteiger partial charge on any atom is 0.269 e. The van der Waals surface area contributed by atoms with Gasteiger partial charge in [0.05, 0.1) is 19.3 Å². The lowest BCUT2D eigenvalue weighted by Crippen LogP contribution is -2.39. The van der Waals surface area contributed by atoms with E-state index in [-0.39, 0.29) is 23.8 Å². The molecule has 35 heavy (non-hydrogen) atoms. The Morgan fingerprint density at radius 2 is 2.03 bits per heavy atom. The van der Waals surface area contributed by atoms with Gasteiger partial charge in [0.2, 0.25) is 5.88 Å². The van der Waals surface area contributed by atoms with Crippen molar-refractivity contribution in [2.45, 2.75) is 50.7 Å². The highest BCUT2D eigenvalue weighted by molar-refractivity contribution is 5.93. The molecule has 4 heterocycles. The lowest BCUT2D eigenvalue weighted by atomic mass is 9.79. The lowest BCUT2D eigenvalue weighted by molar-refractivity contribution is 0.0992. The average molecular weight is 475 g/mol. The van der Waals surface area contributed by atoms with Crippen LogP contribution in [0.25, 0.3) is 0 Å². The first-order valence-electron chi connectivity index (χ1n) is 12.0. The number of anilines is 1. The maximum atomic E-state index is 12.3. The second-order valence-electron chi connectivity index (χ2n) is 9.16. The smallest absolute Gasteiger partial charge is 0.269 e. The number of ether oxygens (including phenoxy) is 2. The Morgan fingerprint density at radius 3 is 2.74 bits per heavy atom. The van der Waals surface area contributed by atoms with E-state index in [1.54, 1.807) is 19.4 Å². The number of dihydropyridines is 1. The van der Waals surface area contributed by atoms with Crippen molar-refractivity contribution < 1.29 is 14.3 Å². The zero-order valence-corrected chi connectivity index (χ0v) is 20.1. The number of pyridine rings is 1. The summed E-state index contributed by atoms with van der Waals surface area (Å²) < 4.78 is 11.2. The van der Waals surface area contributed by atoms with Crippen molar-refractivity contribution in [2.75, 3.05) is 25.1 Å². The number of aromatic nitrogens is 3. The van der Waals surface area contributed by atoms with E-state index < -0.39 is 5.91 Å². The summed E-state index contributed by atoms with van der Waals surface area (Å²) in [5, 5.41) is 8.75. The molecule has 0 saturated carbocycles. The minimum absolute atomic E-state index is 0.0955. The van der Waals surface area contributed by atoms with Gasteiger partial charge in [-0.05, 0) is 54.5 Å². The molecular weight excluding hydrogens is 444 g/mol. The van der Waals surface area contributed by atoms with Crippen LogP contribution in [-0.4, -0.2) is 59.6 Å². The van der Waals surface area contributed by atoms with Crippen LogP contribution in [0.15, 0.2) is 47.1 Å². The molecule has 2 N–H and O–H groups in total. The predicted octanol–water partition coefficient (Wildman–Crippen LogP) is 3.15. The van der Waals surface area contributed by atoms with Crippen LogP contribution in [-0.2, 0) is 0 Å². The number of rotatable bonds is 6. The third-order valence-electron chi connectivity index (χ3n) is 7.01. The molecule has 1 saturated heterocycles. The van der Waals surface area contributed by atoms with Crippen molar-refractivity contribution in [1.29, 1.82) is 0 Å². The number of aliphatic imine (C=N–C) groups is 1. The molecule has 0 aromatic carbocycles. The summed E-state index contributed by atoms with van der Waals surface area (Å²) in [6.07, 6.45) is 13.3. The average Bonchev–Trinajstić information content (AvgIpc) is 2.89. The van der Waals surface area contributed by atoms with Crippen molar-refractivity contribution >= 4 is 17.9 Å². The van der Waals surface area contributed by atoms with Gasteiger partial charge >= 0.3 is 0 Å². The number of carbonyl (C=O) groups excluding carboxylic acids is 1. The number of carbonyl (C=O) groups is 1. The van der Waals surface area contributed by atoms with Gasteiger partial charge in [0.1, 0.15) is 11.9 Å². The number of primary amides is 1. The monoisotopic (exact) mass is 474 g/mol. The molecule has 2 aliphatic heterocycles. The molecule has 0 radical (unpaired) electrons. The molecule has 3 aliphatic rings. The number of hydrogen-bond donors (Lipinski definition) is 1. The number of hydrogen-bond acceptors (Lipinski definition) is 8. The molecule has 2 atom stereocenters. The summed E-state index contributed by atoms with van der Waals surface area (Å²) in [4.78, 5) is 23.3. The van der Waals surface area contributed by atoms with E-state index in [9.17, 15) is 4.79 Å². The molecule has 9 heteroatoms. The summed E-state index contributed by atoms with van der Waals surface area (Å²) in [5.41, 5.74) is 9.11. The lowest BCUT2D eigenvalue weighted by Gasteiger charge is -2.35. The summed E-state index contributed by atoms with van der Waals surface area (Å²) in [6, 6.07) is 3.78. The SMILES string of the molecule is COc1ccc(OC2CCN(c3nnc(C(N)=O)c([C@H]4CC=C5C=CC=N[C@H]5C4)c3C)CC2)cn1. The third kappa shape index (κ3) is 4.76. The van der Waals surface area contributed by atoms with Gasteiger partial charge in [-0.25, -0.2) is 4.98 Å². The van der Waals surface area contributed by atoms with E-state index in [0.717, 1.165) is 61.5 Å². The van der Waals surface area contributed by atoms with Crippen LogP contribution in [0.3, 0.4) is 0 Å². The molecule has 0 unspecified atom stereocenters. The fraction of sp³-hybridized carbons (Fsp3) is 0.423. The van der Waals surface area contributed by atoms with Crippen LogP contribution in [0.5, 0.6) is 11.6 Å². The molecular formula is C26H30N6O3. The van der Waals surface area contributed by atoms with E-state index in [4.69, 9.17) is 15.2 Å². The number of methoxy groups -OCH3 is 1. The number of fused-ring (bicyclic) bond motifs is 1. The highest BCUT2D eigenvalue weighted by Crippen LogP contribution is 2.39. The molecule has 2 aromatic rings. The topological polar surface area (TPSA) is 116 Å². The van der Waals surface area contributed by atoms with Crippen LogP contribution in [0, 0.1) is 6.92 Å². The van der Waals surface area contributed by atoms with Crippen LogP contribution in [0.2, 0.25) is 0 Å². The second kappa shape index (κ2) is 9.85. The standard InChI is InChI=1S/C26H30N6O3/c1-16-23(18-6-5-17-4-3-11-28-21(17)14-18)24(25(27)33)30-31-26(16)32-12-9-19(10-13-32)35-20-7-8-22(34-2)29-15-20/h3-5,7-8,11,15,18-19,21H,6,9-10,12-14H2,1-2H3,(H2,27,33)/t18-,21-/m0/s1. The Balaban J connectivity index is 1.32. The fourth-order valence-corrected chi connectivity index (χ4v) is 5.23. The summed E-state index contributed by atoms with van der Waals surface area (Å²) >= 11 is 0. The summed E-state index contributed by atoms with van der Waals surface area (Å²) in [7, 11) is 1.59. The van der Waals surface area contributed by atoms with Crippen molar-refractivity contribution in [1.82, 2.24) is 15.2 Å². The van der Waals surface area contributed by atoms with Gasteiger partial charge in [0.25, 0.3) is 5.91 Å². The number of amides is 1. The first kappa shape index (κ1) is 23.0. The van der Waals surface area contributed by atoms with E-state index in [1.807, 2.05) is 25.3 Å². The van der Waals surface area contributed by atoms with E-state index in [2.05, 4.69) is 37.2 Å². The zero-order valence-electron chi connectivity index (χ0n) is 20.1. The second-order valence-corrected chi connectivity index (χ2v) is 9.16. The quantitative estimate of drug-likeness (QED) is 0.684. The van der Waals surface area contributed by atoms with Gasteiger partial charge in [-0.3, -0.25) is 9.79 Å². The molecule has 9 nitrogen and oxygen atoms in total. The normalized spacial score (nSPS) is 21.9. The Kier molecular flexibility index (Phi) is 6.48. The molecule has 2 aromatic heterocycles. The molecule has 1 fully saturated rings. The fourth-order valence-electron chi connectivity index (χ4n) is 5.23. The van der Waals surface area contributed by atoms with Crippen LogP contribution < -0.4 is 20.1 Å². The van der Waals surface area contributed by atoms with Crippen molar-refractivity contribution in [3.05, 3.63) is 59.0 Å². The van der Waals surface area contributed by atoms with Crippen molar-refractivity contribution in [2.24, 2.45) is 10.7 Å². The Labute approximate surface area is 204 Å². The van der Waals surface area contributed by atoms with Gasteiger partial charge in [-0.2, -0.15) is 0 Å². The maximum absolute atomic E-state index is 12.3. The zero-order chi connectivity index (χ0) is 24.4. The minimum Gasteiger partial charge on any atom is -0.489 e. The number of allylic oxidation sites excluding steroid dienone is 2. The van der Waals surface area contributed by atoms with Crippen LogP contribution in [0.4, 0.5) is 5.82 Å². The molecule has 5 rings (SSSR count). The first-order chi connectivity index (χ1) is 17.0. The third-order valence-corrected chi connectivity index (χ3v) is 7.01. The van der Waals surface area contributed by atoms with Crippen LogP contribution in [0.1, 0.15) is 53.2 Å². The largest absolute Gasteiger partial charge is 0.489 e. The van der Waals surface area contributed by atoms with Crippen molar-refractivity contribution in [3.63, 3.8) is 0 Å². The van der Waals surface area contributed by atoms with Gasteiger partial charge in [0.15, 0.2) is 11.5 Å². The molecule has 1 amide bonds. The van der Waals surface area contributed by atoms with E-state index in [1.165, 1.54) is 5.57 Å².